The maximum atomic E-state index is 13.5. The molecule has 0 saturated heterocycles. The van der Waals surface area contributed by atoms with Crippen LogP contribution in [0.1, 0.15) is 35.2 Å². The Morgan fingerprint density at radius 1 is 1.00 bits per heavy atom. The number of nitrogens with zero attached hydrogens (tertiary/aromatic N) is 1. The second-order valence-electron chi connectivity index (χ2n) is 7.02. The number of benzene rings is 3. The van der Waals surface area contributed by atoms with Gasteiger partial charge in [0.15, 0.2) is 11.4 Å². The highest BCUT2D eigenvalue weighted by Crippen LogP contribution is 2.27. The van der Waals surface area contributed by atoms with Crippen molar-refractivity contribution < 1.29 is 18.7 Å². The standard InChI is InChI=1S/C26H23NO4/c1-3-15-30-20-13-11-19(12-14-20)25(28)22(17-18-7-6-8-21(16-18)29-2)26-27-23-9-4-5-10-24(23)31-26/h4-14,16-17H,3,15H2,1-2H3/b22-17+. The van der Waals surface area contributed by atoms with Crippen molar-refractivity contribution in [3.05, 3.63) is 89.8 Å². The van der Waals surface area contributed by atoms with Crippen LogP contribution in [-0.2, 0) is 0 Å². The molecule has 0 N–H and O–H groups in total. The molecule has 0 bridgehead atoms. The summed E-state index contributed by atoms with van der Waals surface area (Å²) in [4.78, 5) is 18.0. The van der Waals surface area contributed by atoms with Gasteiger partial charge in [-0.2, -0.15) is 0 Å². The first-order valence-corrected chi connectivity index (χ1v) is 10.2. The topological polar surface area (TPSA) is 61.6 Å². The number of para-hydroxylation sites is 2. The van der Waals surface area contributed by atoms with Crippen LogP contribution in [0.15, 0.2) is 77.2 Å². The summed E-state index contributed by atoms with van der Waals surface area (Å²) in [7, 11) is 1.61. The number of hydrogen-bond donors (Lipinski definition) is 0. The van der Waals surface area contributed by atoms with E-state index in [4.69, 9.17) is 13.9 Å². The molecule has 156 valence electrons. The molecule has 1 aromatic heterocycles. The van der Waals surface area contributed by atoms with Crippen LogP contribution in [0.4, 0.5) is 0 Å². The van der Waals surface area contributed by atoms with E-state index in [1.165, 1.54) is 0 Å². The van der Waals surface area contributed by atoms with Gasteiger partial charge in [0, 0.05) is 5.56 Å². The quantitative estimate of drug-likeness (QED) is 0.260. The van der Waals surface area contributed by atoms with E-state index in [0.717, 1.165) is 17.7 Å². The Balaban J connectivity index is 1.75. The fraction of sp³-hybridized carbons (Fsp3) is 0.154. The maximum Gasteiger partial charge on any atom is 0.231 e. The minimum absolute atomic E-state index is 0.184. The number of allylic oxidation sites excluding steroid dienone is 1. The van der Waals surface area contributed by atoms with Crippen molar-refractivity contribution in [2.45, 2.75) is 13.3 Å². The Morgan fingerprint density at radius 3 is 2.55 bits per heavy atom. The number of methoxy groups -OCH3 is 1. The van der Waals surface area contributed by atoms with Crippen LogP contribution in [0.3, 0.4) is 0 Å². The zero-order valence-electron chi connectivity index (χ0n) is 17.5. The van der Waals surface area contributed by atoms with Gasteiger partial charge in [-0.1, -0.05) is 31.2 Å². The maximum absolute atomic E-state index is 13.5. The molecule has 0 unspecified atom stereocenters. The number of fused-ring (bicyclic) bond motifs is 1. The fourth-order valence-electron chi connectivity index (χ4n) is 3.19. The minimum atomic E-state index is -0.184. The highest BCUT2D eigenvalue weighted by molar-refractivity contribution is 6.31. The van der Waals surface area contributed by atoms with E-state index < -0.39 is 0 Å². The lowest BCUT2D eigenvalue weighted by Gasteiger charge is -2.07. The predicted molar refractivity (Wildman–Crippen MR) is 121 cm³/mol. The molecule has 0 radical (unpaired) electrons. The Kier molecular flexibility index (Phi) is 6.13. The Bertz CT molecular complexity index is 1190. The summed E-state index contributed by atoms with van der Waals surface area (Å²) < 4.78 is 16.9. The first-order chi connectivity index (χ1) is 15.2. The van der Waals surface area contributed by atoms with Crippen molar-refractivity contribution in [3.8, 4) is 11.5 Å². The van der Waals surface area contributed by atoms with Crippen molar-refractivity contribution in [2.75, 3.05) is 13.7 Å². The molecule has 1 heterocycles. The first kappa shape index (κ1) is 20.4. The van der Waals surface area contributed by atoms with Crippen LogP contribution in [0.25, 0.3) is 22.7 Å². The van der Waals surface area contributed by atoms with E-state index in [-0.39, 0.29) is 11.7 Å². The third kappa shape index (κ3) is 4.67. The van der Waals surface area contributed by atoms with Crippen LogP contribution in [0.5, 0.6) is 11.5 Å². The van der Waals surface area contributed by atoms with Crippen molar-refractivity contribution in [3.63, 3.8) is 0 Å². The third-order valence-corrected chi connectivity index (χ3v) is 4.76. The molecule has 4 aromatic rings. The smallest absolute Gasteiger partial charge is 0.231 e. The zero-order chi connectivity index (χ0) is 21.6. The Labute approximate surface area is 180 Å². The van der Waals surface area contributed by atoms with Gasteiger partial charge in [-0.25, -0.2) is 4.98 Å². The lowest BCUT2D eigenvalue weighted by Crippen LogP contribution is -2.04. The molecule has 4 rings (SSSR count). The number of oxazole rings is 1. The molecule has 0 fully saturated rings. The predicted octanol–water partition coefficient (Wildman–Crippen LogP) is 6.05. The number of carbonyl (C=O) groups excluding carboxylic acids is 1. The summed E-state index contributed by atoms with van der Waals surface area (Å²) in [6, 6.07) is 22.1. The highest BCUT2D eigenvalue weighted by atomic mass is 16.5. The van der Waals surface area contributed by atoms with Gasteiger partial charge in [0.2, 0.25) is 5.89 Å². The molecular formula is C26H23NO4. The van der Waals surface area contributed by atoms with Gasteiger partial charge in [0.1, 0.15) is 17.0 Å². The largest absolute Gasteiger partial charge is 0.497 e. The Morgan fingerprint density at radius 2 is 1.81 bits per heavy atom. The second kappa shape index (κ2) is 9.30. The van der Waals surface area contributed by atoms with E-state index >= 15 is 0 Å². The molecular weight excluding hydrogens is 390 g/mol. The highest BCUT2D eigenvalue weighted by Gasteiger charge is 2.20. The fourth-order valence-corrected chi connectivity index (χ4v) is 3.19. The number of ether oxygens (including phenoxy) is 2. The van der Waals surface area contributed by atoms with Crippen molar-refractivity contribution >= 4 is 28.5 Å². The third-order valence-electron chi connectivity index (χ3n) is 4.76. The van der Waals surface area contributed by atoms with Gasteiger partial charge in [-0.05, 0) is 66.6 Å². The number of hydrogen-bond acceptors (Lipinski definition) is 5. The molecule has 0 aliphatic rings. The average Bonchev–Trinajstić information content (AvgIpc) is 3.25. The zero-order valence-corrected chi connectivity index (χ0v) is 17.5. The summed E-state index contributed by atoms with van der Waals surface area (Å²) in [5.41, 5.74) is 3.04. The van der Waals surface area contributed by atoms with Crippen LogP contribution in [-0.4, -0.2) is 24.5 Å². The second-order valence-corrected chi connectivity index (χ2v) is 7.02. The van der Waals surface area contributed by atoms with Gasteiger partial charge >= 0.3 is 0 Å². The number of ketones is 1. The summed E-state index contributed by atoms with van der Waals surface area (Å²) in [6.07, 6.45) is 2.70. The van der Waals surface area contributed by atoms with Gasteiger partial charge < -0.3 is 13.9 Å². The first-order valence-electron chi connectivity index (χ1n) is 10.2. The summed E-state index contributed by atoms with van der Waals surface area (Å²) >= 11 is 0. The molecule has 0 aliphatic carbocycles. The van der Waals surface area contributed by atoms with Crippen LogP contribution in [0, 0.1) is 0 Å². The van der Waals surface area contributed by atoms with Crippen molar-refractivity contribution in [1.29, 1.82) is 0 Å². The van der Waals surface area contributed by atoms with E-state index in [1.54, 1.807) is 37.5 Å². The lowest BCUT2D eigenvalue weighted by atomic mass is 10.0. The molecule has 0 aliphatic heterocycles. The molecule has 5 heteroatoms. The van der Waals surface area contributed by atoms with E-state index in [9.17, 15) is 4.79 Å². The Hall–Kier alpha value is -3.86. The van der Waals surface area contributed by atoms with Gasteiger partial charge in [-0.15, -0.1) is 0 Å². The number of rotatable bonds is 8. The molecule has 0 amide bonds. The minimum Gasteiger partial charge on any atom is -0.497 e. The molecule has 3 aromatic carbocycles. The van der Waals surface area contributed by atoms with E-state index in [2.05, 4.69) is 4.98 Å². The number of Topliss-reactive ketones (excluding diaryl/α,β-unsaturated/α-hetero) is 1. The van der Waals surface area contributed by atoms with Crippen LogP contribution in [0.2, 0.25) is 0 Å². The van der Waals surface area contributed by atoms with Crippen molar-refractivity contribution in [1.82, 2.24) is 4.98 Å². The van der Waals surface area contributed by atoms with Gasteiger partial charge in [0.25, 0.3) is 0 Å². The van der Waals surface area contributed by atoms with Gasteiger partial charge in [0.05, 0.1) is 19.3 Å². The molecule has 0 saturated carbocycles. The monoisotopic (exact) mass is 413 g/mol. The molecule has 0 atom stereocenters. The molecule has 5 nitrogen and oxygen atoms in total. The summed E-state index contributed by atoms with van der Waals surface area (Å²) in [6.45, 7) is 2.69. The van der Waals surface area contributed by atoms with Crippen LogP contribution >= 0.6 is 0 Å². The average molecular weight is 413 g/mol. The SMILES string of the molecule is CCCOc1ccc(C(=O)/C(=C\c2cccc(OC)c2)c2nc3ccccc3o2)cc1. The van der Waals surface area contributed by atoms with Gasteiger partial charge in [-0.3, -0.25) is 4.79 Å². The summed E-state index contributed by atoms with van der Waals surface area (Å²) in [5, 5.41) is 0. The van der Waals surface area contributed by atoms with E-state index in [1.807, 2.05) is 55.5 Å². The van der Waals surface area contributed by atoms with E-state index in [0.29, 0.717) is 34.6 Å². The normalized spacial score (nSPS) is 11.5. The van der Waals surface area contributed by atoms with Crippen molar-refractivity contribution in [2.24, 2.45) is 0 Å². The lowest BCUT2D eigenvalue weighted by molar-refractivity contribution is 0.105. The molecule has 31 heavy (non-hydrogen) atoms. The molecule has 0 spiro atoms. The summed E-state index contributed by atoms with van der Waals surface area (Å²) in [5.74, 6) is 1.53. The number of carbonyl (C=O) groups is 1. The number of aromatic nitrogens is 1. The van der Waals surface area contributed by atoms with Crippen LogP contribution < -0.4 is 9.47 Å².